The van der Waals surface area contributed by atoms with Crippen LogP contribution in [-0.4, -0.2) is 37.6 Å². The average molecular weight is 395 g/mol. The Hall–Kier alpha value is -2.66. The van der Waals surface area contributed by atoms with E-state index in [1.54, 1.807) is 7.11 Å². The summed E-state index contributed by atoms with van der Waals surface area (Å²) in [5, 5.41) is 6.20. The summed E-state index contributed by atoms with van der Waals surface area (Å²) in [5.74, 6) is -0.0312. The summed E-state index contributed by atoms with van der Waals surface area (Å²) in [4.78, 5) is 24.8. The number of hydrogen-bond donors (Lipinski definition) is 2. The summed E-state index contributed by atoms with van der Waals surface area (Å²) in [6.45, 7) is 2.50. The van der Waals surface area contributed by atoms with Crippen molar-refractivity contribution in [1.82, 2.24) is 10.6 Å². The van der Waals surface area contributed by atoms with Crippen molar-refractivity contribution in [3.05, 3.63) is 70.8 Å². The molecule has 2 amide bonds. The third-order valence-electron chi connectivity index (χ3n) is 5.44. The molecule has 0 saturated heterocycles. The highest BCUT2D eigenvalue weighted by atomic mass is 16.5. The van der Waals surface area contributed by atoms with Crippen LogP contribution in [0.25, 0.3) is 0 Å². The second kappa shape index (κ2) is 10.2. The number of nitrogens with one attached hydrogen (secondary N) is 2. The van der Waals surface area contributed by atoms with Gasteiger partial charge < -0.3 is 15.4 Å². The van der Waals surface area contributed by atoms with Crippen LogP contribution in [0.1, 0.15) is 52.7 Å². The maximum Gasteiger partial charge on any atom is 0.251 e. The lowest BCUT2D eigenvalue weighted by atomic mass is 9.98. The van der Waals surface area contributed by atoms with E-state index in [9.17, 15) is 9.59 Å². The maximum absolute atomic E-state index is 12.9. The van der Waals surface area contributed by atoms with Gasteiger partial charge in [0.05, 0.1) is 6.61 Å². The Morgan fingerprint density at radius 2 is 1.69 bits per heavy atom. The Bertz CT molecular complexity index is 832. The fourth-order valence-electron chi connectivity index (χ4n) is 3.82. The van der Waals surface area contributed by atoms with Gasteiger partial charge in [0.25, 0.3) is 5.91 Å². The molecule has 1 aliphatic rings. The number of rotatable bonds is 8. The molecular weight excluding hydrogens is 364 g/mol. The Labute approximate surface area is 172 Å². The molecule has 5 nitrogen and oxygen atoms in total. The minimum atomic E-state index is -0.0379. The van der Waals surface area contributed by atoms with Gasteiger partial charge in [0, 0.05) is 31.2 Å². The van der Waals surface area contributed by atoms with E-state index in [0.29, 0.717) is 13.0 Å². The molecule has 1 aliphatic carbocycles. The van der Waals surface area contributed by atoms with Gasteiger partial charge in [-0.1, -0.05) is 48.0 Å². The summed E-state index contributed by atoms with van der Waals surface area (Å²) in [5.41, 5.74) is 4.16. The minimum Gasteiger partial charge on any atom is -0.384 e. The number of ether oxygens (including phenoxy) is 1. The van der Waals surface area contributed by atoms with Crippen molar-refractivity contribution in [1.29, 1.82) is 0 Å². The summed E-state index contributed by atoms with van der Waals surface area (Å²) in [6.07, 6.45) is 3.63. The molecular formula is C24H30N2O3. The second-order valence-electron chi connectivity index (χ2n) is 7.81. The lowest BCUT2D eigenvalue weighted by molar-refractivity contribution is -0.122. The highest BCUT2D eigenvalue weighted by Gasteiger charge is 2.27. The average Bonchev–Trinajstić information content (AvgIpc) is 3.15. The normalized spacial score (nSPS) is 18.4. The van der Waals surface area contributed by atoms with Crippen molar-refractivity contribution in [2.75, 3.05) is 13.7 Å². The Morgan fingerprint density at radius 3 is 2.41 bits per heavy atom. The highest BCUT2D eigenvalue weighted by molar-refractivity contribution is 5.96. The molecule has 5 heteroatoms. The molecule has 1 fully saturated rings. The maximum atomic E-state index is 12.9. The lowest BCUT2D eigenvalue weighted by Crippen LogP contribution is -2.37. The summed E-state index contributed by atoms with van der Waals surface area (Å²) in [6, 6.07) is 16.4. The minimum absolute atomic E-state index is 0.00673. The monoisotopic (exact) mass is 394 g/mol. The van der Waals surface area contributed by atoms with Gasteiger partial charge in [-0.25, -0.2) is 0 Å². The molecule has 0 spiro atoms. The predicted molar refractivity (Wildman–Crippen MR) is 114 cm³/mol. The molecule has 2 aromatic rings. The lowest BCUT2D eigenvalue weighted by Gasteiger charge is -2.16. The van der Waals surface area contributed by atoms with E-state index < -0.39 is 0 Å². The van der Waals surface area contributed by atoms with Crippen molar-refractivity contribution in [2.45, 2.75) is 51.1 Å². The van der Waals surface area contributed by atoms with Crippen molar-refractivity contribution in [3.63, 3.8) is 0 Å². The largest absolute Gasteiger partial charge is 0.384 e. The highest BCUT2D eigenvalue weighted by Crippen LogP contribution is 2.21. The van der Waals surface area contributed by atoms with E-state index in [-0.39, 0.29) is 23.9 Å². The van der Waals surface area contributed by atoms with Crippen LogP contribution in [0.5, 0.6) is 0 Å². The number of amides is 2. The number of carbonyl (C=O) groups excluding carboxylic acids is 2. The molecule has 29 heavy (non-hydrogen) atoms. The predicted octanol–water partition coefficient (Wildman–Crippen LogP) is 3.39. The van der Waals surface area contributed by atoms with Crippen LogP contribution in [0.3, 0.4) is 0 Å². The van der Waals surface area contributed by atoms with Crippen molar-refractivity contribution in [2.24, 2.45) is 0 Å². The Kier molecular flexibility index (Phi) is 7.42. The molecule has 0 radical (unpaired) electrons. The zero-order valence-corrected chi connectivity index (χ0v) is 17.2. The molecule has 0 aliphatic heterocycles. The van der Waals surface area contributed by atoms with Gasteiger partial charge in [0.1, 0.15) is 0 Å². The van der Waals surface area contributed by atoms with E-state index in [0.717, 1.165) is 36.8 Å². The first-order chi connectivity index (χ1) is 14.0. The zero-order valence-electron chi connectivity index (χ0n) is 17.2. The van der Waals surface area contributed by atoms with Crippen molar-refractivity contribution >= 4 is 11.8 Å². The summed E-state index contributed by atoms with van der Waals surface area (Å²) in [7, 11) is 1.59. The van der Waals surface area contributed by atoms with Gasteiger partial charge >= 0.3 is 0 Å². The van der Waals surface area contributed by atoms with Crippen LogP contribution in [0.15, 0.2) is 48.5 Å². The van der Waals surface area contributed by atoms with Gasteiger partial charge in [0.2, 0.25) is 5.91 Å². The van der Waals surface area contributed by atoms with Gasteiger partial charge in [-0.15, -0.1) is 0 Å². The van der Waals surface area contributed by atoms with Crippen LogP contribution >= 0.6 is 0 Å². The Balaban J connectivity index is 1.57. The summed E-state index contributed by atoms with van der Waals surface area (Å²) < 4.78 is 4.94. The number of methoxy groups -OCH3 is 1. The number of benzene rings is 2. The standard InChI is InChI=1S/C24H30N2O3/c1-17-7-9-18(10-8-17)15-19-5-3-4-6-22(19)24(28)26-21-12-11-20(16-21)25-23(27)13-14-29-2/h3-10,20-21H,11-16H2,1-2H3,(H,25,27)(H,26,28)/t20-,21+/m1/s1. The first-order valence-electron chi connectivity index (χ1n) is 10.3. The summed E-state index contributed by atoms with van der Waals surface area (Å²) >= 11 is 0. The van der Waals surface area contributed by atoms with Crippen LogP contribution in [0.2, 0.25) is 0 Å². The van der Waals surface area contributed by atoms with Crippen LogP contribution < -0.4 is 10.6 Å². The van der Waals surface area contributed by atoms with Crippen molar-refractivity contribution < 1.29 is 14.3 Å². The van der Waals surface area contributed by atoms with E-state index >= 15 is 0 Å². The molecule has 0 heterocycles. The molecule has 2 N–H and O–H groups in total. The topological polar surface area (TPSA) is 67.4 Å². The molecule has 1 saturated carbocycles. The van der Waals surface area contributed by atoms with Crippen LogP contribution in [0, 0.1) is 6.92 Å². The molecule has 0 aromatic heterocycles. The third-order valence-corrected chi connectivity index (χ3v) is 5.44. The number of carbonyl (C=O) groups is 2. The van der Waals surface area contributed by atoms with Gasteiger partial charge in [-0.2, -0.15) is 0 Å². The van der Waals surface area contributed by atoms with E-state index in [1.165, 1.54) is 11.1 Å². The van der Waals surface area contributed by atoms with E-state index in [2.05, 4.69) is 41.8 Å². The smallest absolute Gasteiger partial charge is 0.251 e. The third kappa shape index (κ3) is 6.16. The molecule has 0 unspecified atom stereocenters. The first kappa shape index (κ1) is 21.1. The van der Waals surface area contributed by atoms with Gasteiger partial charge in [-0.3, -0.25) is 9.59 Å². The number of hydrogen-bond acceptors (Lipinski definition) is 3. The van der Waals surface area contributed by atoms with Crippen molar-refractivity contribution in [3.8, 4) is 0 Å². The molecule has 2 atom stereocenters. The number of aryl methyl sites for hydroxylation is 1. The molecule has 3 rings (SSSR count). The Morgan fingerprint density at radius 1 is 1.00 bits per heavy atom. The zero-order chi connectivity index (χ0) is 20.6. The SMILES string of the molecule is COCCC(=O)N[C@@H]1CC[C@H](NC(=O)c2ccccc2Cc2ccc(C)cc2)C1. The first-order valence-corrected chi connectivity index (χ1v) is 10.3. The van der Waals surface area contributed by atoms with E-state index in [1.807, 2.05) is 24.3 Å². The van der Waals surface area contributed by atoms with Gasteiger partial charge in [-0.05, 0) is 49.8 Å². The van der Waals surface area contributed by atoms with Gasteiger partial charge in [0.15, 0.2) is 0 Å². The fourth-order valence-corrected chi connectivity index (χ4v) is 3.82. The van der Waals surface area contributed by atoms with E-state index in [4.69, 9.17) is 4.74 Å². The quantitative estimate of drug-likeness (QED) is 0.721. The van der Waals surface area contributed by atoms with Crippen LogP contribution in [0.4, 0.5) is 0 Å². The molecule has 0 bridgehead atoms. The second-order valence-corrected chi connectivity index (χ2v) is 7.81. The van der Waals surface area contributed by atoms with Crippen LogP contribution in [-0.2, 0) is 16.0 Å². The molecule has 2 aromatic carbocycles. The molecule has 154 valence electrons. The fraction of sp³-hybridized carbons (Fsp3) is 0.417.